The number of rotatable bonds is 4. The van der Waals surface area contributed by atoms with Gasteiger partial charge in [0.25, 0.3) is 22.2 Å². The van der Waals surface area contributed by atoms with Crippen LogP contribution in [0.15, 0.2) is 31.3 Å². The van der Waals surface area contributed by atoms with E-state index in [0.717, 1.165) is 4.57 Å². The third-order valence-corrected chi connectivity index (χ3v) is 3.72. The molecule has 0 saturated carbocycles. The fraction of sp³-hybridized carbons (Fsp3) is 0.286. The van der Waals surface area contributed by atoms with E-state index in [1.807, 2.05) is 0 Å². The molecule has 0 fully saturated rings. The van der Waals surface area contributed by atoms with E-state index in [-0.39, 0.29) is 34.7 Å². The van der Waals surface area contributed by atoms with Crippen molar-refractivity contribution in [3.05, 3.63) is 53.5 Å². The maximum Gasteiger partial charge on any atom is 0.263 e. The Balaban J connectivity index is 2.43. The Kier molecular flexibility index (Phi) is 3.27. The van der Waals surface area contributed by atoms with Gasteiger partial charge in [0.2, 0.25) is 0 Å². The highest BCUT2D eigenvalue weighted by Gasteiger charge is 2.18. The predicted octanol–water partition coefficient (Wildman–Crippen LogP) is -1.49. The van der Waals surface area contributed by atoms with E-state index in [1.165, 1.54) is 19.2 Å². The molecule has 0 spiro atoms. The molecule has 8 nitrogen and oxygen atoms in total. The van der Waals surface area contributed by atoms with Crippen molar-refractivity contribution in [3.8, 4) is 0 Å². The first kappa shape index (κ1) is 14.4. The lowest BCUT2D eigenvalue weighted by molar-refractivity contribution is 0.186. The average molecular weight is 304 g/mol. The van der Waals surface area contributed by atoms with Gasteiger partial charge in [0.05, 0.1) is 34.7 Å². The van der Waals surface area contributed by atoms with Crippen LogP contribution in [-0.2, 0) is 18.0 Å². The van der Waals surface area contributed by atoms with Crippen molar-refractivity contribution in [2.24, 2.45) is 0 Å². The highest BCUT2D eigenvalue weighted by molar-refractivity contribution is 5.97. The highest BCUT2D eigenvalue weighted by atomic mass is 16.5. The van der Waals surface area contributed by atoms with Gasteiger partial charge in [-0.15, -0.1) is 0 Å². The maximum atomic E-state index is 12.2. The summed E-state index contributed by atoms with van der Waals surface area (Å²) in [6, 6.07) is 2.49. The van der Waals surface area contributed by atoms with E-state index in [4.69, 9.17) is 9.84 Å². The van der Waals surface area contributed by atoms with Crippen LogP contribution in [0.2, 0.25) is 0 Å². The second kappa shape index (κ2) is 5.00. The second-order valence-electron chi connectivity index (χ2n) is 4.88. The normalized spacial score (nSPS) is 11.7. The largest absolute Gasteiger partial charge is 0.383 e. The molecular weight excluding hydrogens is 292 g/mol. The van der Waals surface area contributed by atoms with Gasteiger partial charge in [-0.3, -0.25) is 28.3 Å². The molecule has 0 unspecified atom stereocenters. The minimum absolute atomic E-state index is 0.0209. The molecule has 0 bridgehead atoms. The molecule has 0 aliphatic carbocycles. The Morgan fingerprint density at radius 2 is 1.27 bits per heavy atom. The lowest BCUT2D eigenvalue weighted by Crippen LogP contribution is -2.27. The van der Waals surface area contributed by atoms with Gasteiger partial charge in [0.15, 0.2) is 0 Å². The fourth-order valence-corrected chi connectivity index (χ4v) is 2.59. The monoisotopic (exact) mass is 304 g/mol. The summed E-state index contributed by atoms with van der Waals surface area (Å²) < 4.78 is 6.52. The summed E-state index contributed by atoms with van der Waals surface area (Å²) in [7, 11) is 1.45. The van der Waals surface area contributed by atoms with Crippen LogP contribution in [0.4, 0.5) is 0 Å². The molecule has 3 rings (SSSR count). The van der Waals surface area contributed by atoms with Crippen LogP contribution in [0.1, 0.15) is 0 Å². The number of aromatic nitrogens is 2. The first-order valence-electron chi connectivity index (χ1n) is 6.51. The van der Waals surface area contributed by atoms with Gasteiger partial charge in [-0.25, -0.2) is 0 Å². The summed E-state index contributed by atoms with van der Waals surface area (Å²) in [6.45, 7) is -0.460. The fourth-order valence-electron chi connectivity index (χ4n) is 2.59. The van der Waals surface area contributed by atoms with Crippen molar-refractivity contribution < 1.29 is 9.84 Å². The van der Waals surface area contributed by atoms with Crippen LogP contribution in [0, 0.1) is 0 Å². The maximum absolute atomic E-state index is 12.2. The van der Waals surface area contributed by atoms with Crippen molar-refractivity contribution in [3.63, 3.8) is 0 Å². The van der Waals surface area contributed by atoms with E-state index < -0.39 is 29.0 Å². The Morgan fingerprint density at radius 1 is 0.864 bits per heavy atom. The van der Waals surface area contributed by atoms with Crippen LogP contribution in [-0.4, -0.2) is 28.0 Å². The molecule has 0 radical (unpaired) electrons. The molecule has 1 aromatic carbocycles. The van der Waals surface area contributed by atoms with E-state index >= 15 is 0 Å². The molecule has 1 N–H and O–H groups in total. The number of fused-ring (bicyclic) bond motifs is 2. The third kappa shape index (κ3) is 1.78. The summed E-state index contributed by atoms with van der Waals surface area (Å²) >= 11 is 0. The quantitative estimate of drug-likeness (QED) is 0.629. The van der Waals surface area contributed by atoms with Gasteiger partial charge in [-0.2, -0.15) is 0 Å². The van der Waals surface area contributed by atoms with Gasteiger partial charge in [-0.05, 0) is 12.1 Å². The van der Waals surface area contributed by atoms with E-state index in [2.05, 4.69) is 0 Å². The minimum Gasteiger partial charge on any atom is -0.383 e. The van der Waals surface area contributed by atoms with Crippen LogP contribution in [0.3, 0.4) is 0 Å². The van der Waals surface area contributed by atoms with Crippen LogP contribution >= 0.6 is 0 Å². The van der Waals surface area contributed by atoms with Crippen molar-refractivity contribution in [2.75, 3.05) is 13.7 Å². The third-order valence-electron chi connectivity index (χ3n) is 3.72. The van der Waals surface area contributed by atoms with E-state index in [0.29, 0.717) is 4.57 Å². The Hall–Kier alpha value is -2.58. The number of methoxy groups -OCH3 is 1. The van der Waals surface area contributed by atoms with Crippen LogP contribution < -0.4 is 22.2 Å². The zero-order valence-electron chi connectivity index (χ0n) is 11.7. The topological polar surface area (TPSA) is 108 Å². The molecule has 0 amide bonds. The van der Waals surface area contributed by atoms with Crippen molar-refractivity contribution in [2.45, 2.75) is 13.3 Å². The van der Waals surface area contributed by atoms with Gasteiger partial charge < -0.3 is 9.84 Å². The molecule has 0 aliphatic heterocycles. The SMILES string of the molecule is COCCn1c(=O)c2cc3c(=O)n(CO)c(=O)c3cc2c1=O. The van der Waals surface area contributed by atoms with Crippen LogP contribution in [0.5, 0.6) is 0 Å². The number of aliphatic hydroxyl groups is 1. The predicted molar refractivity (Wildman–Crippen MR) is 79.0 cm³/mol. The van der Waals surface area contributed by atoms with Crippen molar-refractivity contribution in [1.82, 2.24) is 9.13 Å². The number of benzene rings is 1. The zero-order valence-corrected chi connectivity index (χ0v) is 11.7. The Morgan fingerprint density at radius 3 is 1.64 bits per heavy atom. The zero-order chi connectivity index (χ0) is 16.0. The molecular formula is C14H12N2O6. The molecule has 2 heterocycles. The lowest BCUT2D eigenvalue weighted by Gasteiger charge is -1.97. The molecule has 22 heavy (non-hydrogen) atoms. The van der Waals surface area contributed by atoms with Gasteiger partial charge in [-0.1, -0.05) is 0 Å². The molecule has 114 valence electrons. The van der Waals surface area contributed by atoms with E-state index in [9.17, 15) is 19.2 Å². The number of nitrogens with zero attached hydrogens (tertiary/aromatic N) is 2. The summed E-state index contributed by atoms with van der Waals surface area (Å²) in [5.74, 6) is 0. The molecule has 0 saturated heterocycles. The average Bonchev–Trinajstić information content (AvgIpc) is 2.89. The summed E-state index contributed by atoms with van der Waals surface area (Å²) in [5.41, 5.74) is -2.41. The van der Waals surface area contributed by atoms with Gasteiger partial charge in [0.1, 0.15) is 6.73 Å². The van der Waals surface area contributed by atoms with Crippen molar-refractivity contribution >= 4 is 21.5 Å². The van der Waals surface area contributed by atoms with Crippen LogP contribution in [0.25, 0.3) is 21.5 Å². The Bertz CT molecular complexity index is 1000. The molecule has 0 aliphatic rings. The van der Waals surface area contributed by atoms with Gasteiger partial charge >= 0.3 is 0 Å². The molecule has 0 atom stereocenters. The standard InChI is InChI=1S/C14H12N2O6/c1-22-3-2-15-11(18)7-4-9-10(5-8(7)12(15)19)14(21)16(6-17)13(9)20/h4-5,17H,2-3,6H2,1H3. The highest BCUT2D eigenvalue weighted by Crippen LogP contribution is 2.14. The number of hydrogen-bond acceptors (Lipinski definition) is 6. The first-order valence-corrected chi connectivity index (χ1v) is 6.51. The van der Waals surface area contributed by atoms with Gasteiger partial charge in [0, 0.05) is 7.11 Å². The molecule has 8 heteroatoms. The summed E-state index contributed by atoms with van der Waals surface area (Å²) in [5, 5.41) is 9.27. The summed E-state index contributed by atoms with van der Waals surface area (Å²) in [4.78, 5) is 48.5. The molecule has 3 aromatic rings. The number of aliphatic hydroxyl groups excluding tert-OH is 1. The van der Waals surface area contributed by atoms with Crippen molar-refractivity contribution in [1.29, 1.82) is 0 Å². The summed E-state index contributed by atoms with van der Waals surface area (Å²) in [6.07, 6.45) is 0. The second-order valence-corrected chi connectivity index (χ2v) is 4.88. The Labute approximate surface area is 122 Å². The van der Waals surface area contributed by atoms with E-state index in [1.54, 1.807) is 0 Å². The lowest BCUT2D eigenvalue weighted by atomic mass is 10.1. The number of ether oxygens (including phenoxy) is 1. The minimum atomic E-state index is -0.751. The number of hydrogen-bond donors (Lipinski definition) is 1. The molecule has 2 aromatic heterocycles. The first-order chi connectivity index (χ1) is 10.5. The smallest absolute Gasteiger partial charge is 0.263 e.